The minimum absolute atomic E-state index is 0.151. The lowest BCUT2D eigenvalue weighted by atomic mass is 10.1. The number of sulfone groups is 1. The Bertz CT molecular complexity index is 867. The van der Waals surface area contributed by atoms with Gasteiger partial charge in [-0.05, 0) is 48.6 Å². The number of hydrogen-bond acceptors (Lipinski definition) is 5. The van der Waals surface area contributed by atoms with Gasteiger partial charge in [0.05, 0.1) is 17.2 Å². The summed E-state index contributed by atoms with van der Waals surface area (Å²) in [6.07, 6.45) is 4.23. The molecule has 2 atom stereocenters. The van der Waals surface area contributed by atoms with Gasteiger partial charge in [0.25, 0.3) is 0 Å². The fourth-order valence-corrected chi connectivity index (χ4v) is 6.10. The third kappa shape index (κ3) is 3.41. The molecule has 3 heterocycles. The van der Waals surface area contributed by atoms with Gasteiger partial charge in [0, 0.05) is 25.8 Å². The van der Waals surface area contributed by atoms with Crippen molar-refractivity contribution in [3.63, 3.8) is 0 Å². The molecule has 25 heavy (non-hydrogen) atoms. The van der Waals surface area contributed by atoms with Crippen LogP contribution in [0.25, 0.3) is 0 Å². The van der Waals surface area contributed by atoms with E-state index in [2.05, 4.69) is 22.0 Å². The number of benzene rings is 1. The van der Waals surface area contributed by atoms with Crippen LogP contribution in [-0.4, -0.2) is 42.4 Å². The first-order valence-corrected chi connectivity index (χ1v) is 10.3. The van der Waals surface area contributed by atoms with E-state index in [-0.39, 0.29) is 5.25 Å². The molecule has 0 amide bonds. The zero-order valence-corrected chi connectivity index (χ0v) is 15.1. The molecule has 6 heteroatoms. The van der Waals surface area contributed by atoms with Crippen LogP contribution >= 0.6 is 0 Å². The molecule has 0 saturated carbocycles. The number of fused-ring (bicyclic) bond motifs is 1. The van der Waals surface area contributed by atoms with Crippen LogP contribution in [0.2, 0.25) is 0 Å². The van der Waals surface area contributed by atoms with Gasteiger partial charge in [-0.25, -0.2) is 8.42 Å². The molecular weight excluding hydrogens is 336 g/mol. The minimum atomic E-state index is -2.87. The number of rotatable bonds is 4. The first-order valence-electron chi connectivity index (χ1n) is 8.62. The number of pyridine rings is 1. The maximum atomic E-state index is 12.1. The van der Waals surface area contributed by atoms with E-state index in [1.807, 2.05) is 25.1 Å². The number of likely N-dealkylation sites (tertiary alicyclic amines) is 1. The van der Waals surface area contributed by atoms with E-state index in [1.165, 1.54) is 5.56 Å². The molecule has 2 aromatic rings. The molecule has 0 spiro atoms. The van der Waals surface area contributed by atoms with Gasteiger partial charge < -0.3 is 4.74 Å². The summed E-state index contributed by atoms with van der Waals surface area (Å²) in [6.45, 7) is 4.37. The van der Waals surface area contributed by atoms with E-state index in [0.717, 1.165) is 36.6 Å². The molecule has 0 bridgehead atoms. The summed E-state index contributed by atoms with van der Waals surface area (Å²) in [4.78, 5) is 6.32. The average Bonchev–Trinajstić information content (AvgIpc) is 3.11. The lowest BCUT2D eigenvalue weighted by Crippen LogP contribution is -2.26. The summed E-state index contributed by atoms with van der Waals surface area (Å²) in [6, 6.07) is 9.88. The molecule has 2 fully saturated rings. The molecule has 0 unspecified atom stereocenters. The van der Waals surface area contributed by atoms with Gasteiger partial charge >= 0.3 is 0 Å². The number of aryl methyl sites for hydroxylation is 1. The summed E-state index contributed by atoms with van der Waals surface area (Å²) < 4.78 is 30.0. The third-order valence-corrected chi connectivity index (χ3v) is 7.46. The molecule has 4 rings (SSSR count). The van der Waals surface area contributed by atoms with Crippen LogP contribution in [-0.2, 0) is 16.4 Å². The quantitative estimate of drug-likeness (QED) is 0.841. The Hall–Kier alpha value is -1.92. The summed E-state index contributed by atoms with van der Waals surface area (Å²) in [7, 11) is -2.87. The van der Waals surface area contributed by atoms with Crippen LogP contribution in [0.5, 0.6) is 11.5 Å². The standard InChI is InChI=1S/C19H22N2O3S/c1-14-9-15(4-5-18(14)24-17-3-2-7-20-10-17)11-21-12-16-6-8-25(22,23)19(16)13-21/h2-5,7,9-10,16,19H,6,8,11-13H2,1H3/t16-,19+/m0/s1. The molecule has 1 aromatic heterocycles. The largest absolute Gasteiger partial charge is 0.455 e. The van der Waals surface area contributed by atoms with Crippen molar-refractivity contribution in [3.8, 4) is 11.5 Å². The van der Waals surface area contributed by atoms with E-state index in [4.69, 9.17) is 4.74 Å². The molecule has 2 aliphatic rings. The van der Waals surface area contributed by atoms with Crippen molar-refractivity contribution in [2.75, 3.05) is 18.8 Å². The van der Waals surface area contributed by atoms with Crippen LogP contribution in [0.1, 0.15) is 17.5 Å². The van der Waals surface area contributed by atoms with Crippen LogP contribution in [0.15, 0.2) is 42.7 Å². The Morgan fingerprint density at radius 2 is 2.16 bits per heavy atom. The molecule has 0 N–H and O–H groups in total. The van der Waals surface area contributed by atoms with Crippen LogP contribution in [0.4, 0.5) is 0 Å². The number of aromatic nitrogens is 1. The van der Waals surface area contributed by atoms with Gasteiger partial charge in [-0.1, -0.05) is 12.1 Å². The highest BCUT2D eigenvalue weighted by atomic mass is 32.2. The Kier molecular flexibility index (Phi) is 4.25. The molecule has 5 nitrogen and oxygen atoms in total. The number of ether oxygens (including phenoxy) is 1. The van der Waals surface area contributed by atoms with E-state index in [0.29, 0.717) is 18.2 Å². The van der Waals surface area contributed by atoms with Gasteiger partial charge in [0.15, 0.2) is 9.84 Å². The highest BCUT2D eigenvalue weighted by molar-refractivity contribution is 7.92. The predicted molar refractivity (Wildman–Crippen MR) is 96.4 cm³/mol. The minimum Gasteiger partial charge on any atom is -0.455 e. The second-order valence-corrected chi connectivity index (χ2v) is 9.38. The summed E-state index contributed by atoms with van der Waals surface area (Å²) >= 11 is 0. The SMILES string of the molecule is Cc1cc(CN2C[C@@H]3CCS(=O)(=O)[C@@H]3C2)ccc1Oc1cccnc1. The zero-order chi connectivity index (χ0) is 17.4. The molecule has 2 aliphatic heterocycles. The Morgan fingerprint density at radius 3 is 2.88 bits per heavy atom. The molecule has 2 saturated heterocycles. The molecular formula is C19H22N2O3S. The van der Waals surface area contributed by atoms with Crippen molar-refractivity contribution >= 4 is 9.84 Å². The lowest BCUT2D eigenvalue weighted by molar-refractivity contribution is 0.314. The van der Waals surface area contributed by atoms with Gasteiger partial charge in [-0.3, -0.25) is 9.88 Å². The topological polar surface area (TPSA) is 59.5 Å². The second kappa shape index (κ2) is 6.42. The second-order valence-electron chi connectivity index (χ2n) is 7.04. The maximum absolute atomic E-state index is 12.1. The van der Waals surface area contributed by atoms with Gasteiger partial charge in [0.2, 0.25) is 0 Å². The molecule has 0 radical (unpaired) electrons. The van der Waals surface area contributed by atoms with E-state index >= 15 is 0 Å². The Labute approximate surface area is 148 Å². The van der Waals surface area contributed by atoms with Gasteiger partial charge in [-0.2, -0.15) is 0 Å². The van der Waals surface area contributed by atoms with E-state index in [1.54, 1.807) is 12.4 Å². The number of hydrogen-bond donors (Lipinski definition) is 0. The lowest BCUT2D eigenvalue weighted by Gasteiger charge is -2.18. The normalized spacial score (nSPS) is 25.0. The number of nitrogens with zero attached hydrogens (tertiary/aromatic N) is 2. The first-order chi connectivity index (χ1) is 12.0. The smallest absolute Gasteiger partial charge is 0.154 e. The fourth-order valence-electron chi connectivity index (χ4n) is 3.92. The van der Waals surface area contributed by atoms with Crippen molar-refractivity contribution in [1.82, 2.24) is 9.88 Å². The van der Waals surface area contributed by atoms with Gasteiger partial charge in [0.1, 0.15) is 11.5 Å². The fraction of sp³-hybridized carbons (Fsp3) is 0.421. The van der Waals surface area contributed by atoms with Gasteiger partial charge in [-0.15, -0.1) is 0 Å². The van der Waals surface area contributed by atoms with Crippen LogP contribution in [0, 0.1) is 12.8 Å². The maximum Gasteiger partial charge on any atom is 0.154 e. The average molecular weight is 358 g/mol. The molecule has 132 valence electrons. The monoisotopic (exact) mass is 358 g/mol. The molecule has 0 aliphatic carbocycles. The van der Waals surface area contributed by atoms with E-state index < -0.39 is 9.84 Å². The summed E-state index contributed by atoms with van der Waals surface area (Å²) in [5, 5.41) is -0.151. The van der Waals surface area contributed by atoms with Crippen molar-refractivity contribution < 1.29 is 13.2 Å². The molecule has 1 aromatic carbocycles. The Balaban J connectivity index is 1.43. The van der Waals surface area contributed by atoms with Crippen molar-refractivity contribution in [2.45, 2.75) is 25.1 Å². The zero-order valence-electron chi connectivity index (χ0n) is 14.3. The Morgan fingerprint density at radius 1 is 1.28 bits per heavy atom. The predicted octanol–water partition coefficient (Wildman–Crippen LogP) is 2.80. The highest BCUT2D eigenvalue weighted by Gasteiger charge is 2.45. The van der Waals surface area contributed by atoms with Crippen molar-refractivity contribution in [2.24, 2.45) is 5.92 Å². The van der Waals surface area contributed by atoms with Crippen LogP contribution < -0.4 is 4.74 Å². The summed E-state index contributed by atoms with van der Waals surface area (Å²) in [5.41, 5.74) is 2.25. The van der Waals surface area contributed by atoms with Crippen molar-refractivity contribution in [1.29, 1.82) is 0 Å². The third-order valence-electron chi connectivity index (χ3n) is 5.20. The summed E-state index contributed by atoms with van der Waals surface area (Å²) in [5.74, 6) is 2.23. The first kappa shape index (κ1) is 16.5. The van der Waals surface area contributed by atoms with Crippen LogP contribution in [0.3, 0.4) is 0 Å². The highest BCUT2D eigenvalue weighted by Crippen LogP contribution is 2.34. The van der Waals surface area contributed by atoms with Crippen molar-refractivity contribution in [3.05, 3.63) is 53.9 Å². The van der Waals surface area contributed by atoms with E-state index in [9.17, 15) is 8.42 Å².